The van der Waals surface area contributed by atoms with Crippen LogP contribution >= 0.6 is 0 Å². The van der Waals surface area contributed by atoms with Crippen molar-refractivity contribution in [2.75, 3.05) is 0 Å². The van der Waals surface area contributed by atoms with Crippen molar-refractivity contribution in [1.82, 2.24) is 4.98 Å². The van der Waals surface area contributed by atoms with E-state index in [2.05, 4.69) is 125 Å². The molecule has 0 unspecified atom stereocenters. The number of rotatable bonds is 2. The standard InChI is InChI=1S/C36H29NO/c1-22-21-37-33(20-32(22)26-13-12-25-19-27(36(2,3)4)16-14-24(25)18-26)31-11-7-10-29-30-17-15-23-8-5-6-9-28(23)34(30)38-35(29)31/h5-21H,1-4H3. The monoisotopic (exact) mass is 491 g/mol. The number of aromatic nitrogens is 1. The summed E-state index contributed by atoms with van der Waals surface area (Å²) in [6, 6.07) is 34.9. The van der Waals surface area contributed by atoms with Crippen LogP contribution < -0.4 is 0 Å². The van der Waals surface area contributed by atoms with E-state index in [1.807, 2.05) is 6.20 Å². The lowest BCUT2D eigenvalue weighted by Crippen LogP contribution is -2.10. The molecule has 0 saturated carbocycles. The number of hydrogen-bond donors (Lipinski definition) is 0. The zero-order valence-corrected chi connectivity index (χ0v) is 22.2. The SMILES string of the molecule is Cc1cnc(-c2cccc3c2oc2c4ccccc4ccc32)cc1-c1ccc2cc(C(C)(C)C)ccc2c1. The van der Waals surface area contributed by atoms with Gasteiger partial charge < -0.3 is 4.42 Å². The van der Waals surface area contributed by atoms with E-state index in [1.54, 1.807) is 0 Å². The van der Waals surface area contributed by atoms with E-state index < -0.39 is 0 Å². The first kappa shape index (κ1) is 22.7. The van der Waals surface area contributed by atoms with Crippen LogP contribution in [-0.4, -0.2) is 4.98 Å². The maximum atomic E-state index is 6.58. The summed E-state index contributed by atoms with van der Waals surface area (Å²) in [5.74, 6) is 0. The number of hydrogen-bond acceptors (Lipinski definition) is 2. The molecule has 0 fully saturated rings. The van der Waals surface area contributed by atoms with Crippen molar-refractivity contribution in [2.24, 2.45) is 0 Å². The van der Waals surface area contributed by atoms with Gasteiger partial charge in [-0.2, -0.15) is 0 Å². The summed E-state index contributed by atoms with van der Waals surface area (Å²) in [6.07, 6.45) is 1.98. The Morgan fingerprint density at radius 3 is 2.21 bits per heavy atom. The summed E-state index contributed by atoms with van der Waals surface area (Å²) in [5, 5.41) is 7.09. The van der Waals surface area contributed by atoms with E-state index in [1.165, 1.54) is 32.8 Å². The lowest BCUT2D eigenvalue weighted by molar-refractivity contribution is 0.591. The molecule has 0 atom stereocenters. The summed E-state index contributed by atoms with van der Waals surface area (Å²) in [5.41, 5.74) is 8.78. The third-order valence-corrected chi connectivity index (χ3v) is 7.79. The fourth-order valence-corrected chi connectivity index (χ4v) is 5.59. The summed E-state index contributed by atoms with van der Waals surface area (Å²) in [6.45, 7) is 8.91. The van der Waals surface area contributed by atoms with Gasteiger partial charge in [0.25, 0.3) is 0 Å². The molecule has 0 aliphatic carbocycles. The highest BCUT2D eigenvalue weighted by Gasteiger charge is 2.17. The van der Waals surface area contributed by atoms with Crippen LogP contribution in [0, 0.1) is 6.92 Å². The Bertz CT molecular complexity index is 2020. The Morgan fingerprint density at radius 2 is 1.34 bits per heavy atom. The zero-order chi connectivity index (χ0) is 26.0. The van der Waals surface area contributed by atoms with Gasteiger partial charge in [0.15, 0.2) is 0 Å². The van der Waals surface area contributed by atoms with Gasteiger partial charge in [0, 0.05) is 27.9 Å². The minimum Gasteiger partial charge on any atom is -0.455 e. The second-order valence-electron chi connectivity index (χ2n) is 11.4. The minimum absolute atomic E-state index is 0.132. The summed E-state index contributed by atoms with van der Waals surface area (Å²) < 4.78 is 6.58. The van der Waals surface area contributed by atoms with Crippen LogP contribution in [0.4, 0.5) is 0 Å². The molecule has 5 aromatic carbocycles. The van der Waals surface area contributed by atoms with Crippen LogP contribution in [0.2, 0.25) is 0 Å². The summed E-state index contributed by atoms with van der Waals surface area (Å²) in [4.78, 5) is 4.86. The smallest absolute Gasteiger partial charge is 0.144 e. The molecule has 0 saturated heterocycles. The molecule has 0 N–H and O–H groups in total. The molecule has 0 bridgehead atoms. The largest absolute Gasteiger partial charge is 0.455 e. The number of pyridine rings is 1. The Kier molecular flexibility index (Phi) is 4.96. The topological polar surface area (TPSA) is 26.0 Å². The van der Waals surface area contributed by atoms with Gasteiger partial charge in [-0.1, -0.05) is 93.6 Å². The van der Waals surface area contributed by atoms with Crippen LogP contribution in [0.3, 0.4) is 0 Å². The summed E-state index contributed by atoms with van der Waals surface area (Å²) >= 11 is 0. The Hall–Kier alpha value is -4.43. The van der Waals surface area contributed by atoms with Gasteiger partial charge in [-0.15, -0.1) is 0 Å². The van der Waals surface area contributed by atoms with E-state index in [-0.39, 0.29) is 5.41 Å². The Balaban J connectivity index is 1.38. The third kappa shape index (κ3) is 3.60. The van der Waals surface area contributed by atoms with Gasteiger partial charge in [0.2, 0.25) is 0 Å². The number of benzene rings is 5. The van der Waals surface area contributed by atoms with E-state index >= 15 is 0 Å². The van der Waals surface area contributed by atoms with E-state index in [0.29, 0.717) is 0 Å². The molecule has 7 aromatic rings. The zero-order valence-electron chi connectivity index (χ0n) is 22.2. The molecule has 2 heterocycles. The third-order valence-electron chi connectivity index (χ3n) is 7.79. The molecule has 38 heavy (non-hydrogen) atoms. The highest BCUT2D eigenvalue weighted by Crippen LogP contribution is 2.39. The lowest BCUT2D eigenvalue weighted by atomic mass is 9.85. The molecule has 0 amide bonds. The van der Waals surface area contributed by atoms with Crippen LogP contribution in [-0.2, 0) is 5.41 Å². The van der Waals surface area contributed by atoms with Gasteiger partial charge in [-0.05, 0) is 75.0 Å². The van der Waals surface area contributed by atoms with Crippen LogP contribution in [0.25, 0.3) is 65.9 Å². The van der Waals surface area contributed by atoms with Crippen LogP contribution in [0.15, 0.2) is 108 Å². The normalized spacial score (nSPS) is 12.2. The molecule has 2 aromatic heterocycles. The first-order valence-electron chi connectivity index (χ1n) is 13.2. The minimum atomic E-state index is 0.132. The van der Waals surface area contributed by atoms with E-state index in [9.17, 15) is 0 Å². The predicted molar refractivity (Wildman–Crippen MR) is 161 cm³/mol. The Labute approximate surface area is 222 Å². The Morgan fingerprint density at radius 1 is 0.605 bits per heavy atom. The number of nitrogens with zero attached hydrogens (tertiary/aromatic N) is 1. The summed E-state index contributed by atoms with van der Waals surface area (Å²) in [7, 11) is 0. The first-order chi connectivity index (χ1) is 18.4. The second kappa shape index (κ2) is 8.29. The van der Waals surface area contributed by atoms with Crippen LogP contribution in [0.5, 0.6) is 0 Å². The molecular formula is C36H29NO. The molecule has 2 nitrogen and oxygen atoms in total. The molecule has 7 rings (SSSR count). The van der Waals surface area contributed by atoms with Crippen molar-refractivity contribution < 1.29 is 4.42 Å². The molecule has 0 aliphatic heterocycles. The van der Waals surface area contributed by atoms with E-state index in [4.69, 9.17) is 9.40 Å². The highest BCUT2D eigenvalue weighted by atomic mass is 16.3. The number of para-hydroxylation sites is 1. The van der Waals surface area contributed by atoms with E-state index in [0.717, 1.165) is 44.1 Å². The molecule has 184 valence electrons. The maximum absolute atomic E-state index is 6.58. The highest BCUT2D eigenvalue weighted by molar-refractivity contribution is 6.17. The van der Waals surface area contributed by atoms with Crippen molar-refractivity contribution >= 4 is 43.5 Å². The fraction of sp³-hybridized carbons (Fsp3) is 0.139. The van der Waals surface area contributed by atoms with Crippen molar-refractivity contribution in [3.05, 3.63) is 114 Å². The van der Waals surface area contributed by atoms with Gasteiger partial charge >= 0.3 is 0 Å². The quantitative estimate of drug-likeness (QED) is 0.240. The average Bonchev–Trinajstić information content (AvgIpc) is 3.32. The molecule has 0 aliphatic rings. The molecular weight excluding hydrogens is 462 g/mol. The van der Waals surface area contributed by atoms with Crippen molar-refractivity contribution in [1.29, 1.82) is 0 Å². The molecule has 0 radical (unpaired) electrons. The van der Waals surface area contributed by atoms with Gasteiger partial charge in [-0.3, -0.25) is 4.98 Å². The van der Waals surface area contributed by atoms with Crippen molar-refractivity contribution in [3.8, 4) is 22.4 Å². The van der Waals surface area contributed by atoms with Gasteiger partial charge in [0.05, 0.1) is 5.69 Å². The average molecular weight is 492 g/mol. The van der Waals surface area contributed by atoms with Crippen molar-refractivity contribution in [2.45, 2.75) is 33.1 Å². The van der Waals surface area contributed by atoms with Crippen LogP contribution in [0.1, 0.15) is 31.9 Å². The number of fused-ring (bicyclic) bond motifs is 6. The first-order valence-corrected chi connectivity index (χ1v) is 13.2. The molecule has 2 heteroatoms. The number of furan rings is 1. The number of aryl methyl sites for hydroxylation is 1. The molecule has 0 spiro atoms. The maximum Gasteiger partial charge on any atom is 0.144 e. The fourth-order valence-electron chi connectivity index (χ4n) is 5.59. The lowest BCUT2D eigenvalue weighted by Gasteiger charge is -2.19. The predicted octanol–water partition coefficient (Wildman–Crippen LogP) is 10.2. The van der Waals surface area contributed by atoms with Crippen molar-refractivity contribution in [3.63, 3.8) is 0 Å². The van der Waals surface area contributed by atoms with Gasteiger partial charge in [-0.25, -0.2) is 0 Å². The second-order valence-corrected chi connectivity index (χ2v) is 11.4. The van der Waals surface area contributed by atoms with Gasteiger partial charge in [0.1, 0.15) is 11.2 Å².